The Balaban J connectivity index is 3.66. The lowest BCUT2D eigenvalue weighted by atomic mass is 10.2. The van der Waals surface area contributed by atoms with Crippen LogP contribution in [0.5, 0.6) is 0 Å². The molecule has 0 saturated carbocycles. The molecule has 0 N–H and O–H groups in total. The molecular weight excluding hydrogens is 138 g/mol. The van der Waals surface area contributed by atoms with Gasteiger partial charge in [0.1, 0.15) is 6.29 Å². The maximum Gasteiger partial charge on any atom is 0.150 e. The molecule has 0 bridgehead atoms. The van der Waals surface area contributed by atoms with E-state index in [-0.39, 0.29) is 35.4 Å². The lowest BCUT2D eigenvalue weighted by Gasteiger charge is -2.11. The average Bonchev–Trinajstić information content (AvgIpc) is 2.16. The zero-order chi connectivity index (χ0) is 11.7. The van der Waals surface area contributed by atoms with E-state index in [0.29, 0.717) is 6.29 Å². The standard InChI is InChI=1S/C9H11NO/c1-10(2)9-5-3-8(7-11)4-6-9/h3-7H,1-2H3/i3D,4D,5D,6D. The van der Waals surface area contributed by atoms with Gasteiger partial charge in [0.2, 0.25) is 0 Å². The molecule has 0 fully saturated rings. The van der Waals surface area contributed by atoms with E-state index in [4.69, 9.17) is 5.48 Å². The van der Waals surface area contributed by atoms with Crippen molar-refractivity contribution in [2.45, 2.75) is 0 Å². The molecule has 0 atom stereocenters. The Kier molecular flexibility index (Phi) is 1.13. The topological polar surface area (TPSA) is 20.3 Å². The smallest absolute Gasteiger partial charge is 0.150 e. The van der Waals surface area contributed by atoms with Crippen LogP contribution >= 0.6 is 0 Å². The summed E-state index contributed by atoms with van der Waals surface area (Å²) < 4.78 is 30.3. The minimum Gasteiger partial charge on any atom is -0.378 e. The molecule has 0 aliphatic heterocycles. The molecule has 0 aliphatic carbocycles. The van der Waals surface area contributed by atoms with Crippen molar-refractivity contribution in [3.05, 3.63) is 29.7 Å². The largest absolute Gasteiger partial charge is 0.378 e. The first kappa shape index (κ1) is 3.90. The number of carbonyl (C=O) groups is 1. The van der Waals surface area contributed by atoms with Gasteiger partial charge in [0.25, 0.3) is 0 Å². The van der Waals surface area contributed by atoms with E-state index in [2.05, 4.69) is 0 Å². The van der Waals surface area contributed by atoms with Gasteiger partial charge in [-0.05, 0) is 24.2 Å². The molecule has 1 rings (SSSR count). The van der Waals surface area contributed by atoms with Crippen LogP contribution in [0.25, 0.3) is 0 Å². The number of hydrogen-bond donors (Lipinski definition) is 0. The molecule has 11 heavy (non-hydrogen) atoms. The highest BCUT2D eigenvalue weighted by Crippen LogP contribution is 2.10. The zero-order valence-electron chi connectivity index (χ0n) is 10.4. The molecule has 1 aromatic rings. The second-order valence-corrected chi connectivity index (χ2v) is 2.27. The van der Waals surface area contributed by atoms with Crippen LogP contribution in [-0.4, -0.2) is 20.4 Å². The van der Waals surface area contributed by atoms with Gasteiger partial charge in [0, 0.05) is 25.3 Å². The van der Waals surface area contributed by atoms with Gasteiger partial charge in [-0.3, -0.25) is 4.79 Å². The summed E-state index contributed by atoms with van der Waals surface area (Å²) >= 11 is 0. The third kappa shape index (κ3) is 1.80. The Morgan fingerprint density at radius 2 is 1.91 bits per heavy atom. The summed E-state index contributed by atoms with van der Waals surface area (Å²) in [5, 5.41) is 0. The van der Waals surface area contributed by atoms with Crippen LogP contribution < -0.4 is 4.90 Å². The number of hydrogen-bond acceptors (Lipinski definition) is 2. The molecule has 1 aromatic carbocycles. The SMILES string of the molecule is [2H]c1c([2H])c(N(C)C)c([2H])c([2H])c1C=O. The van der Waals surface area contributed by atoms with Crippen LogP contribution in [0.3, 0.4) is 0 Å². The van der Waals surface area contributed by atoms with Gasteiger partial charge in [0.05, 0.1) is 5.48 Å². The van der Waals surface area contributed by atoms with E-state index in [0.717, 1.165) is 0 Å². The molecule has 0 aromatic heterocycles. The van der Waals surface area contributed by atoms with Crippen molar-refractivity contribution in [2.75, 3.05) is 19.0 Å². The van der Waals surface area contributed by atoms with Crippen LogP contribution in [0.2, 0.25) is 0 Å². The van der Waals surface area contributed by atoms with E-state index in [1.54, 1.807) is 14.1 Å². The molecule has 2 nitrogen and oxygen atoms in total. The molecule has 0 aliphatic rings. The van der Waals surface area contributed by atoms with Gasteiger partial charge in [-0.1, -0.05) is 0 Å². The number of anilines is 1. The fraction of sp³-hybridized carbons (Fsp3) is 0.222. The highest BCUT2D eigenvalue weighted by Gasteiger charge is 1.93. The molecule has 0 saturated heterocycles. The van der Waals surface area contributed by atoms with Crippen molar-refractivity contribution in [3.63, 3.8) is 0 Å². The number of rotatable bonds is 2. The number of benzene rings is 1. The normalized spacial score (nSPS) is 14.4. The average molecular weight is 153 g/mol. The molecule has 0 heterocycles. The summed E-state index contributed by atoms with van der Waals surface area (Å²) in [5.74, 6) is 0. The molecule has 0 unspecified atom stereocenters. The second kappa shape index (κ2) is 3.19. The third-order valence-corrected chi connectivity index (χ3v) is 1.20. The molecule has 0 spiro atoms. The molecule has 0 radical (unpaired) electrons. The second-order valence-electron chi connectivity index (χ2n) is 2.27. The fourth-order valence-electron chi connectivity index (χ4n) is 0.598. The molecular formula is C9H11NO. The van der Waals surface area contributed by atoms with Crippen molar-refractivity contribution in [3.8, 4) is 0 Å². The maximum atomic E-state index is 10.6. The third-order valence-electron chi connectivity index (χ3n) is 1.20. The predicted molar refractivity (Wildman–Crippen MR) is 46.2 cm³/mol. The first-order valence-electron chi connectivity index (χ1n) is 5.14. The van der Waals surface area contributed by atoms with Crippen LogP contribution in [0.1, 0.15) is 15.8 Å². The molecule has 58 valence electrons. The first-order valence-corrected chi connectivity index (χ1v) is 3.14. The Labute approximate surface area is 72.1 Å². The van der Waals surface area contributed by atoms with Crippen molar-refractivity contribution < 1.29 is 10.3 Å². The monoisotopic (exact) mass is 153 g/mol. The van der Waals surface area contributed by atoms with Gasteiger partial charge >= 0.3 is 0 Å². The Morgan fingerprint density at radius 1 is 1.36 bits per heavy atom. The summed E-state index contributed by atoms with van der Waals surface area (Å²) in [6, 6.07) is -0.976. The van der Waals surface area contributed by atoms with Crippen molar-refractivity contribution in [1.82, 2.24) is 0 Å². The molecule has 0 amide bonds. The summed E-state index contributed by atoms with van der Waals surface area (Å²) in [6.45, 7) is 0. The Hall–Kier alpha value is -1.31. The van der Waals surface area contributed by atoms with E-state index < -0.39 is 0 Å². The summed E-state index contributed by atoms with van der Waals surface area (Å²) in [5.41, 5.74) is -0.00815. The molecule has 2 heteroatoms. The van der Waals surface area contributed by atoms with Crippen LogP contribution in [0, 0.1) is 0 Å². The van der Waals surface area contributed by atoms with Crippen molar-refractivity contribution >= 4 is 12.0 Å². The van der Waals surface area contributed by atoms with E-state index in [1.165, 1.54) is 4.90 Å². The van der Waals surface area contributed by atoms with Gasteiger partial charge in [-0.25, -0.2) is 0 Å². The zero-order valence-corrected chi connectivity index (χ0v) is 6.43. The summed E-state index contributed by atoms with van der Waals surface area (Å²) in [7, 11) is 3.26. The number of aldehydes is 1. The van der Waals surface area contributed by atoms with E-state index in [9.17, 15) is 4.79 Å². The lowest BCUT2D eigenvalue weighted by molar-refractivity contribution is 0.112. The Bertz CT molecular complexity index is 388. The summed E-state index contributed by atoms with van der Waals surface area (Å²) in [6.07, 6.45) is 0.347. The minimum atomic E-state index is -0.297. The van der Waals surface area contributed by atoms with Gasteiger partial charge < -0.3 is 4.90 Å². The summed E-state index contributed by atoms with van der Waals surface area (Å²) in [4.78, 5) is 12.1. The number of carbonyl (C=O) groups excluding carboxylic acids is 1. The number of nitrogens with zero attached hydrogens (tertiary/aromatic N) is 1. The van der Waals surface area contributed by atoms with Crippen LogP contribution in [0.15, 0.2) is 24.2 Å². The van der Waals surface area contributed by atoms with Gasteiger partial charge in [0.15, 0.2) is 0 Å². The van der Waals surface area contributed by atoms with Crippen LogP contribution in [-0.2, 0) is 0 Å². The fourth-order valence-corrected chi connectivity index (χ4v) is 0.598. The van der Waals surface area contributed by atoms with Gasteiger partial charge in [-0.15, -0.1) is 0 Å². The van der Waals surface area contributed by atoms with Gasteiger partial charge in [-0.2, -0.15) is 0 Å². The van der Waals surface area contributed by atoms with E-state index >= 15 is 0 Å². The van der Waals surface area contributed by atoms with Crippen molar-refractivity contribution in [2.24, 2.45) is 0 Å². The Morgan fingerprint density at radius 3 is 2.27 bits per heavy atom. The predicted octanol–water partition coefficient (Wildman–Crippen LogP) is 1.57. The van der Waals surface area contributed by atoms with E-state index in [1.807, 2.05) is 0 Å². The quantitative estimate of drug-likeness (QED) is 0.601. The van der Waals surface area contributed by atoms with Crippen molar-refractivity contribution in [1.29, 1.82) is 0 Å². The highest BCUT2D eigenvalue weighted by molar-refractivity contribution is 5.75. The maximum absolute atomic E-state index is 10.6. The highest BCUT2D eigenvalue weighted by atomic mass is 16.1. The first-order chi connectivity index (χ1) is 6.91. The lowest BCUT2D eigenvalue weighted by Crippen LogP contribution is -2.08. The van der Waals surface area contributed by atoms with Crippen LogP contribution in [0.4, 0.5) is 5.69 Å². The minimum absolute atomic E-state index is 0.190.